The highest BCUT2D eigenvalue weighted by Gasteiger charge is 2.35. The summed E-state index contributed by atoms with van der Waals surface area (Å²) in [6.45, 7) is 1.68. The molecular formula is C10H10N2O2. The molecule has 1 unspecified atom stereocenters. The second-order valence-electron chi connectivity index (χ2n) is 3.08. The first-order valence-corrected chi connectivity index (χ1v) is 4.34. The Labute approximate surface area is 81.6 Å². The largest absolute Gasteiger partial charge is 0.438 e. The van der Waals surface area contributed by atoms with Crippen LogP contribution >= 0.6 is 0 Å². The van der Waals surface area contributed by atoms with Gasteiger partial charge in [-0.05, 0) is 19.1 Å². The summed E-state index contributed by atoms with van der Waals surface area (Å²) in [7, 11) is 0. The summed E-state index contributed by atoms with van der Waals surface area (Å²) >= 11 is 0. The van der Waals surface area contributed by atoms with Crippen molar-refractivity contribution in [2.45, 2.75) is 13.0 Å². The van der Waals surface area contributed by atoms with Crippen LogP contribution < -0.4 is 4.90 Å². The number of hydrogen-bond donors (Lipinski definition) is 1. The first-order chi connectivity index (χ1) is 6.70. The molecule has 72 valence electrons. The average molecular weight is 190 g/mol. The molecule has 14 heavy (non-hydrogen) atoms. The summed E-state index contributed by atoms with van der Waals surface area (Å²) in [5.74, 6) is 0.182. The highest BCUT2D eigenvalue weighted by Crippen LogP contribution is 2.21. The quantitative estimate of drug-likeness (QED) is 0.736. The summed E-state index contributed by atoms with van der Waals surface area (Å²) in [4.78, 5) is 12.6. The van der Waals surface area contributed by atoms with Gasteiger partial charge < -0.3 is 4.74 Å². The molecule has 0 bridgehead atoms. The van der Waals surface area contributed by atoms with Gasteiger partial charge in [-0.15, -0.1) is 0 Å². The maximum atomic E-state index is 11.4. The van der Waals surface area contributed by atoms with Gasteiger partial charge in [0.15, 0.2) is 11.9 Å². The number of para-hydroxylation sites is 1. The van der Waals surface area contributed by atoms with E-state index in [1.165, 1.54) is 4.90 Å². The van der Waals surface area contributed by atoms with Gasteiger partial charge in [0, 0.05) is 0 Å². The fourth-order valence-corrected chi connectivity index (χ4v) is 1.36. The number of anilines is 1. The Bertz CT molecular complexity index is 375. The maximum absolute atomic E-state index is 11.4. The minimum Gasteiger partial charge on any atom is -0.438 e. The molecule has 4 heteroatoms. The lowest BCUT2D eigenvalue weighted by atomic mass is 10.3. The van der Waals surface area contributed by atoms with Crippen molar-refractivity contribution in [1.29, 1.82) is 5.41 Å². The highest BCUT2D eigenvalue weighted by molar-refractivity contribution is 6.19. The molecule has 0 spiro atoms. The molecule has 0 saturated carbocycles. The Morgan fingerprint density at radius 1 is 1.36 bits per heavy atom. The lowest BCUT2D eigenvalue weighted by molar-refractivity contribution is 0.158. The summed E-state index contributed by atoms with van der Waals surface area (Å²) in [6.07, 6.45) is -0.934. The van der Waals surface area contributed by atoms with Gasteiger partial charge in [0.25, 0.3) is 0 Å². The maximum Gasteiger partial charge on any atom is 0.420 e. The Morgan fingerprint density at radius 2 is 2.00 bits per heavy atom. The van der Waals surface area contributed by atoms with E-state index in [0.29, 0.717) is 5.69 Å². The molecule has 1 N–H and O–H groups in total. The van der Waals surface area contributed by atoms with Crippen molar-refractivity contribution < 1.29 is 9.53 Å². The zero-order valence-corrected chi connectivity index (χ0v) is 7.73. The summed E-state index contributed by atoms with van der Waals surface area (Å²) < 4.78 is 4.90. The number of rotatable bonds is 1. The van der Waals surface area contributed by atoms with Crippen LogP contribution in [0.2, 0.25) is 0 Å². The molecule has 1 fully saturated rings. The number of carbonyl (C=O) groups excluding carboxylic acids is 1. The highest BCUT2D eigenvalue weighted by atomic mass is 16.6. The first-order valence-electron chi connectivity index (χ1n) is 4.34. The van der Waals surface area contributed by atoms with Crippen molar-refractivity contribution in [2.75, 3.05) is 4.90 Å². The molecular weight excluding hydrogens is 180 g/mol. The van der Waals surface area contributed by atoms with Gasteiger partial charge in [-0.3, -0.25) is 5.41 Å². The van der Waals surface area contributed by atoms with Crippen LogP contribution in [0.4, 0.5) is 10.5 Å². The third-order valence-electron chi connectivity index (χ3n) is 2.10. The molecule has 4 nitrogen and oxygen atoms in total. The zero-order chi connectivity index (χ0) is 10.1. The topological polar surface area (TPSA) is 53.4 Å². The second-order valence-corrected chi connectivity index (χ2v) is 3.08. The van der Waals surface area contributed by atoms with E-state index < -0.39 is 12.2 Å². The van der Waals surface area contributed by atoms with E-state index in [9.17, 15) is 4.79 Å². The molecule has 0 radical (unpaired) electrons. The molecule has 1 aliphatic heterocycles. The van der Waals surface area contributed by atoms with Crippen LogP contribution in [0.15, 0.2) is 30.3 Å². The van der Waals surface area contributed by atoms with Gasteiger partial charge in [-0.25, -0.2) is 9.69 Å². The van der Waals surface area contributed by atoms with Crippen molar-refractivity contribution in [3.8, 4) is 0 Å². The predicted octanol–water partition coefficient (Wildman–Crippen LogP) is 2.01. The summed E-state index contributed by atoms with van der Waals surface area (Å²) in [5.41, 5.74) is 0.673. The lowest BCUT2D eigenvalue weighted by Crippen LogP contribution is -2.29. The van der Waals surface area contributed by atoms with Crippen LogP contribution in [0, 0.1) is 5.41 Å². The standard InChI is InChI=1S/C10H10N2O2/c1-7-9(11)12(10(13)14-7)8-5-3-2-4-6-8/h2-7,11H,1H3. The molecule has 1 heterocycles. The number of ether oxygens (including phenoxy) is 1. The van der Waals surface area contributed by atoms with Crippen molar-refractivity contribution >= 4 is 17.6 Å². The molecule has 0 aliphatic carbocycles. The van der Waals surface area contributed by atoms with Crippen LogP contribution in [-0.4, -0.2) is 18.0 Å². The number of nitrogens with zero attached hydrogens (tertiary/aromatic N) is 1. The van der Waals surface area contributed by atoms with Gasteiger partial charge in [0.1, 0.15) is 0 Å². The SMILES string of the molecule is CC1OC(=O)N(c2ccccc2)C1=N. The Balaban J connectivity index is 2.36. The van der Waals surface area contributed by atoms with Crippen LogP contribution in [0.1, 0.15) is 6.92 Å². The van der Waals surface area contributed by atoms with Gasteiger partial charge in [-0.2, -0.15) is 0 Å². The van der Waals surface area contributed by atoms with E-state index in [1.807, 2.05) is 18.2 Å². The third kappa shape index (κ3) is 1.25. The number of nitrogens with one attached hydrogen (secondary N) is 1. The van der Waals surface area contributed by atoms with Crippen LogP contribution in [-0.2, 0) is 4.74 Å². The Morgan fingerprint density at radius 3 is 2.50 bits per heavy atom. The number of amidine groups is 1. The van der Waals surface area contributed by atoms with E-state index in [-0.39, 0.29) is 5.84 Å². The fraction of sp³-hybridized carbons (Fsp3) is 0.200. The van der Waals surface area contributed by atoms with E-state index >= 15 is 0 Å². The molecule has 0 aromatic heterocycles. The first kappa shape index (κ1) is 8.74. The van der Waals surface area contributed by atoms with Gasteiger partial charge >= 0.3 is 6.09 Å². The Kier molecular flexibility index (Phi) is 1.96. The van der Waals surface area contributed by atoms with Crippen molar-refractivity contribution in [3.63, 3.8) is 0 Å². The van der Waals surface area contributed by atoms with Gasteiger partial charge in [0.2, 0.25) is 0 Å². The van der Waals surface area contributed by atoms with Crippen LogP contribution in [0.5, 0.6) is 0 Å². The minimum absolute atomic E-state index is 0.182. The smallest absolute Gasteiger partial charge is 0.420 e. The second kappa shape index (κ2) is 3.14. The van der Waals surface area contributed by atoms with E-state index in [0.717, 1.165) is 0 Å². The monoisotopic (exact) mass is 190 g/mol. The van der Waals surface area contributed by atoms with Crippen molar-refractivity contribution in [3.05, 3.63) is 30.3 Å². The van der Waals surface area contributed by atoms with Crippen LogP contribution in [0.25, 0.3) is 0 Å². The summed E-state index contributed by atoms with van der Waals surface area (Å²) in [6, 6.07) is 9.04. The fourth-order valence-electron chi connectivity index (χ4n) is 1.36. The number of hydrogen-bond acceptors (Lipinski definition) is 3. The molecule has 2 rings (SSSR count). The molecule has 1 aromatic carbocycles. The van der Waals surface area contributed by atoms with E-state index in [4.69, 9.17) is 10.1 Å². The zero-order valence-electron chi connectivity index (χ0n) is 7.73. The summed E-state index contributed by atoms with van der Waals surface area (Å²) in [5, 5.41) is 7.66. The molecule has 1 aromatic rings. The Hall–Kier alpha value is -1.84. The van der Waals surface area contributed by atoms with E-state index in [1.54, 1.807) is 19.1 Å². The molecule has 1 saturated heterocycles. The van der Waals surface area contributed by atoms with Crippen LogP contribution in [0.3, 0.4) is 0 Å². The van der Waals surface area contributed by atoms with Crippen molar-refractivity contribution in [1.82, 2.24) is 0 Å². The average Bonchev–Trinajstić information content (AvgIpc) is 2.43. The number of amides is 1. The number of cyclic esters (lactones) is 1. The molecule has 1 amide bonds. The van der Waals surface area contributed by atoms with Gasteiger partial charge in [0.05, 0.1) is 5.69 Å². The van der Waals surface area contributed by atoms with Gasteiger partial charge in [-0.1, -0.05) is 18.2 Å². The normalized spacial score (nSPS) is 21.2. The molecule has 1 atom stereocenters. The van der Waals surface area contributed by atoms with Crippen molar-refractivity contribution in [2.24, 2.45) is 0 Å². The predicted molar refractivity (Wildman–Crippen MR) is 52.6 cm³/mol. The van der Waals surface area contributed by atoms with E-state index in [2.05, 4.69) is 0 Å². The minimum atomic E-state index is -0.478. The number of benzene rings is 1. The number of carbonyl (C=O) groups is 1. The third-order valence-corrected chi connectivity index (χ3v) is 2.10. The molecule has 1 aliphatic rings. The lowest BCUT2D eigenvalue weighted by Gasteiger charge is -2.12.